The number of rotatable bonds is 15. The Morgan fingerprint density at radius 3 is 1.55 bits per heavy atom. The zero-order chi connectivity index (χ0) is 44.8. The highest BCUT2D eigenvalue weighted by Gasteiger charge is 2.41. The number of amides is 3. The minimum atomic E-state index is -5.08. The molecule has 0 aromatic carbocycles. The van der Waals surface area contributed by atoms with Gasteiger partial charge in [-0.25, -0.2) is 19.2 Å². The SMILES string of the molecule is C[C@@H](O)[C@H](N)C(=O)N[C@@H](CCCCN)C(=O)N1CCC[C@H]1C(=O)N[C@@H](CCCN=C(N)N)C(=O)O.O=C(O)C(F)(F)F.O=C(O)C(F)(F)F.O=C(O)C(F)(F)F. The number of aliphatic imine (C=N–C) groups is 1. The molecule has 1 saturated heterocycles. The number of carbonyl (C=O) groups is 7. The molecule has 5 atom stereocenters. The van der Waals surface area contributed by atoms with Crippen LogP contribution in [0.2, 0.25) is 0 Å². The summed E-state index contributed by atoms with van der Waals surface area (Å²) in [6, 6.07) is -4.21. The first-order valence-corrected chi connectivity index (χ1v) is 15.6. The van der Waals surface area contributed by atoms with Crippen molar-refractivity contribution in [3.05, 3.63) is 0 Å². The third-order valence-corrected chi connectivity index (χ3v) is 6.51. The Labute approximate surface area is 310 Å². The first-order valence-electron chi connectivity index (χ1n) is 15.6. The van der Waals surface area contributed by atoms with Gasteiger partial charge in [0.1, 0.15) is 24.2 Å². The van der Waals surface area contributed by atoms with Gasteiger partial charge in [0.25, 0.3) is 0 Å². The van der Waals surface area contributed by atoms with Crippen LogP contribution < -0.4 is 33.6 Å². The zero-order valence-electron chi connectivity index (χ0n) is 29.2. The number of likely N-dealkylation sites (tertiary alicyclic amines) is 1. The van der Waals surface area contributed by atoms with Crippen LogP contribution in [0.5, 0.6) is 0 Å². The van der Waals surface area contributed by atoms with Gasteiger partial charge in [0, 0.05) is 13.1 Å². The van der Waals surface area contributed by atoms with Gasteiger partial charge in [-0.15, -0.1) is 0 Å². The fourth-order valence-electron chi connectivity index (χ4n) is 3.77. The molecule has 0 radical (unpaired) electrons. The first-order chi connectivity index (χ1) is 25.3. The second kappa shape index (κ2) is 25.8. The number of hydrogen-bond donors (Lipinski definition) is 11. The number of aliphatic hydroxyl groups excluding tert-OH is 1. The van der Waals surface area contributed by atoms with Gasteiger partial charge >= 0.3 is 42.4 Å². The van der Waals surface area contributed by atoms with E-state index in [1.165, 1.54) is 11.8 Å². The summed E-state index contributed by atoms with van der Waals surface area (Å²) in [6.07, 6.45) is -13.6. The molecule has 0 saturated carbocycles. The Balaban J connectivity index is -0.00000108. The van der Waals surface area contributed by atoms with Crippen molar-refractivity contribution >= 4 is 47.6 Å². The van der Waals surface area contributed by atoms with E-state index in [0.717, 1.165) is 0 Å². The van der Waals surface area contributed by atoms with Crippen molar-refractivity contribution in [2.75, 3.05) is 19.6 Å². The van der Waals surface area contributed by atoms with Crippen molar-refractivity contribution in [2.24, 2.45) is 27.9 Å². The summed E-state index contributed by atoms with van der Waals surface area (Å²) in [6.45, 7) is 2.28. The summed E-state index contributed by atoms with van der Waals surface area (Å²) >= 11 is 0. The number of halogens is 9. The topological polar surface area (TPSA) is 364 Å². The second-order valence-electron chi connectivity index (χ2n) is 11.1. The van der Waals surface area contributed by atoms with E-state index in [0.29, 0.717) is 38.6 Å². The lowest BCUT2D eigenvalue weighted by Gasteiger charge is -2.30. The van der Waals surface area contributed by atoms with Crippen LogP contribution in [-0.4, -0.2) is 146 Å². The average molecular weight is 843 g/mol. The smallest absolute Gasteiger partial charge is 0.480 e. The van der Waals surface area contributed by atoms with Crippen LogP contribution in [0.25, 0.3) is 0 Å². The van der Waals surface area contributed by atoms with Crippen molar-refractivity contribution in [1.29, 1.82) is 0 Å². The highest BCUT2D eigenvalue weighted by atomic mass is 19.4. The first kappa shape index (κ1) is 55.1. The Hall–Kier alpha value is -5.19. The van der Waals surface area contributed by atoms with Crippen LogP contribution in [0.3, 0.4) is 0 Å². The molecule has 0 aromatic heterocycles. The number of aliphatic hydroxyl groups is 1. The molecule has 0 unspecified atom stereocenters. The molecular formula is C27H43F9N8O12. The van der Waals surface area contributed by atoms with E-state index in [-0.39, 0.29) is 31.9 Å². The molecule has 0 bridgehead atoms. The number of alkyl halides is 9. The number of nitrogens with two attached hydrogens (primary N) is 4. The standard InChI is InChI=1S/C21H40N8O6.3C2HF3O2/c1-12(30)16(23)18(32)27-13(6-2-3-9-22)19(33)29-11-5-8-15(29)17(31)28-14(20(34)35)7-4-10-26-21(24)25;3*3-2(4,5)1(6)7/h12-16,30H,2-11,22-23H2,1H3,(H,27,32)(H,28,31)(H,34,35)(H4,24,25,26);3*(H,6,7)/t12-,13+,14+,15+,16+;;;/m1.../s1. The van der Waals surface area contributed by atoms with Gasteiger partial charge in [0.2, 0.25) is 17.7 Å². The van der Waals surface area contributed by atoms with Crippen molar-refractivity contribution in [3.63, 3.8) is 0 Å². The summed E-state index contributed by atoms with van der Waals surface area (Å²) < 4.78 is 95.2. The molecular weight excluding hydrogens is 799 g/mol. The molecule has 20 nitrogen and oxygen atoms in total. The van der Waals surface area contributed by atoms with E-state index in [2.05, 4.69) is 15.6 Å². The van der Waals surface area contributed by atoms with Crippen LogP contribution >= 0.6 is 0 Å². The molecule has 3 amide bonds. The molecule has 0 spiro atoms. The molecule has 0 aromatic rings. The van der Waals surface area contributed by atoms with E-state index in [1.807, 2.05) is 0 Å². The number of carbonyl (C=O) groups excluding carboxylic acids is 3. The maximum absolute atomic E-state index is 13.3. The predicted octanol–water partition coefficient (Wildman–Crippen LogP) is -1.18. The molecule has 1 heterocycles. The molecule has 56 heavy (non-hydrogen) atoms. The molecule has 29 heteroatoms. The number of nitrogens with one attached hydrogen (secondary N) is 2. The number of hydrogen-bond acceptors (Lipinski definition) is 11. The molecule has 326 valence electrons. The maximum atomic E-state index is 13.3. The molecule has 1 aliphatic heterocycles. The fraction of sp³-hybridized carbons (Fsp3) is 0.704. The third-order valence-electron chi connectivity index (χ3n) is 6.51. The Kier molecular flexibility index (Phi) is 25.4. The normalized spacial score (nSPS) is 15.9. The predicted molar refractivity (Wildman–Crippen MR) is 170 cm³/mol. The van der Waals surface area contributed by atoms with Crippen LogP contribution in [0.15, 0.2) is 4.99 Å². The summed E-state index contributed by atoms with van der Waals surface area (Å²) in [5.41, 5.74) is 21.7. The minimum absolute atomic E-state index is 0.105. The van der Waals surface area contributed by atoms with Crippen LogP contribution in [-0.2, 0) is 33.6 Å². The Morgan fingerprint density at radius 1 is 0.768 bits per heavy atom. The molecule has 15 N–H and O–H groups in total. The number of carboxylic acids is 4. The quantitative estimate of drug-likeness (QED) is 0.0400. The van der Waals surface area contributed by atoms with Gasteiger partial charge in [0.15, 0.2) is 5.96 Å². The zero-order valence-corrected chi connectivity index (χ0v) is 29.2. The highest BCUT2D eigenvalue weighted by Crippen LogP contribution is 2.21. The molecule has 1 rings (SSSR count). The van der Waals surface area contributed by atoms with Crippen molar-refractivity contribution < 1.29 is 98.6 Å². The van der Waals surface area contributed by atoms with Gasteiger partial charge in [-0.2, -0.15) is 39.5 Å². The van der Waals surface area contributed by atoms with Crippen LogP contribution in [0.1, 0.15) is 51.9 Å². The highest BCUT2D eigenvalue weighted by molar-refractivity contribution is 5.94. The largest absolute Gasteiger partial charge is 0.490 e. The summed E-state index contributed by atoms with van der Waals surface area (Å²) in [5, 5.41) is 45.5. The second-order valence-corrected chi connectivity index (χ2v) is 11.1. The lowest BCUT2D eigenvalue weighted by atomic mass is 10.1. The van der Waals surface area contributed by atoms with Gasteiger partial charge in [0.05, 0.1) is 6.10 Å². The number of carboxylic acid groups (broad SMARTS) is 4. The van der Waals surface area contributed by atoms with Crippen molar-refractivity contribution in [2.45, 2.75) is 101 Å². The molecule has 1 aliphatic rings. The average Bonchev–Trinajstić information content (AvgIpc) is 3.54. The van der Waals surface area contributed by atoms with Gasteiger partial charge in [-0.05, 0) is 58.4 Å². The van der Waals surface area contributed by atoms with E-state index in [4.69, 9.17) is 52.6 Å². The van der Waals surface area contributed by atoms with E-state index < -0.39 is 90.4 Å². The summed E-state index contributed by atoms with van der Waals surface area (Å²) in [4.78, 5) is 82.1. The van der Waals surface area contributed by atoms with E-state index in [1.54, 1.807) is 0 Å². The Morgan fingerprint density at radius 2 is 1.20 bits per heavy atom. The van der Waals surface area contributed by atoms with Crippen LogP contribution in [0, 0.1) is 0 Å². The summed E-state index contributed by atoms with van der Waals surface area (Å²) in [7, 11) is 0. The summed E-state index contributed by atoms with van der Waals surface area (Å²) in [5.74, 6) is -11.3. The maximum Gasteiger partial charge on any atom is 0.490 e. The van der Waals surface area contributed by atoms with Crippen molar-refractivity contribution in [1.82, 2.24) is 15.5 Å². The van der Waals surface area contributed by atoms with Crippen LogP contribution in [0.4, 0.5) is 39.5 Å². The third kappa shape index (κ3) is 25.0. The van der Waals surface area contributed by atoms with Gasteiger partial charge in [-0.3, -0.25) is 19.4 Å². The molecule has 1 fully saturated rings. The minimum Gasteiger partial charge on any atom is -0.480 e. The van der Waals surface area contributed by atoms with E-state index >= 15 is 0 Å². The van der Waals surface area contributed by atoms with Gasteiger partial charge < -0.3 is 64.0 Å². The molecule has 0 aliphatic carbocycles. The number of nitrogens with zero attached hydrogens (tertiary/aromatic N) is 2. The number of unbranched alkanes of at least 4 members (excludes halogenated alkanes) is 1. The lowest BCUT2D eigenvalue weighted by molar-refractivity contribution is -0.193. The van der Waals surface area contributed by atoms with E-state index in [9.17, 15) is 68.9 Å². The number of guanidine groups is 1. The van der Waals surface area contributed by atoms with Gasteiger partial charge in [-0.1, -0.05) is 0 Å². The Bertz CT molecular complexity index is 1270. The lowest BCUT2D eigenvalue weighted by Crippen LogP contribution is -2.57. The fourth-order valence-corrected chi connectivity index (χ4v) is 3.77. The monoisotopic (exact) mass is 842 g/mol. The van der Waals surface area contributed by atoms with Crippen molar-refractivity contribution in [3.8, 4) is 0 Å². The number of aliphatic carboxylic acids is 4.